The highest BCUT2D eigenvalue weighted by molar-refractivity contribution is 9.10. The van der Waals surface area contributed by atoms with Crippen LogP contribution in [0.3, 0.4) is 0 Å². The molecule has 1 aliphatic rings. The van der Waals surface area contributed by atoms with Crippen LogP contribution in [0.2, 0.25) is 5.02 Å². The lowest BCUT2D eigenvalue weighted by atomic mass is 10.2. The summed E-state index contributed by atoms with van der Waals surface area (Å²) in [6, 6.07) is 6.93. The number of furan rings is 1. The van der Waals surface area contributed by atoms with E-state index < -0.39 is 0 Å². The topological polar surface area (TPSA) is 54.7 Å². The molecular weight excluding hydrogens is 396 g/mol. The zero-order valence-corrected chi connectivity index (χ0v) is 15.6. The second-order valence-electron chi connectivity index (χ2n) is 5.49. The molecule has 2 heterocycles. The Kier molecular flexibility index (Phi) is 5.36. The van der Waals surface area contributed by atoms with Crippen LogP contribution in [0.25, 0.3) is 0 Å². The van der Waals surface area contributed by atoms with E-state index in [4.69, 9.17) is 20.8 Å². The number of amides is 2. The van der Waals surface area contributed by atoms with Gasteiger partial charge in [-0.15, -0.1) is 0 Å². The van der Waals surface area contributed by atoms with Crippen LogP contribution >= 0.6 is 27.5 Å². The number of benzene rings is 1. The van der Waals surface area contributed by atoms with Crippen LogP contribution in [-0.2, 0) is 0 Å². The van der Waals surface area contributed by atoms with Crippen molar-refractivity contribution >= 4 is 39.2 Å². The summed E-state index contributed by atoms with van der Waals surface area (Å²) in [4.78, 5) is 14.5. The van der Waals surface area contributed by atoms with Gasteiger partial charge in [0, 0.05) is 11.6 Å². The molecule has 0 aliphatic carbocycles. The van der Waals surface area contributed by atoms with Crippen molar-refractivity contribution in [3.05, 3.63) is 45.8 Å². The highest BCUT2D eigenvalue weighted by Gasteiger charge is 2.32. The maximum atomic E-state index is 12.8. The van der Waals surface area contributed by atoms with Gasteiger partial charge in [-0.3, -0.25) is 0 Å². The SMILES string of the molecule is CCOc1c(Br)cc(Cl)cc1NC(=O)N1CCCC1c1ccco1. The molecule has 0 radical (unpaired) electrons. The van der Waals surface area contributed by atoms with Gasteiger partial charge in [-0.05, 0) is 60.0 Å². The van der Waals surface area contributed by atoms with Gasteiger partial charge in [0.15, 0.2) is 5.75 Å². The minimum absolute atomic E-state index is 0.0434. The molecule has 1 saturated heterocycles. The minimum Gasteiger partial charge on any atom is -0.491 e. The molecule has 1 unspecified atom stereocenters. The van der Waals surface area contributed by atoms with E-state index in [9.17, 15) is 4.79 Å². The molecular formula is C17H18BrClN2O3. The summed E-state index contributed by atoms with van der Waals surface area (Å²) in [5, 5.41) is 3.43. The van der Waals surface area contributed by atoms with Crippen LogP contribution in [-0.4, -0.2) is 24.1 Å². The van der Waals surface area contributed by atoms with Gasteiger partial charge in [0.2, 0.25) is 0 Å². The Bertz CT molecular complexity index is 721. The van der Waals surface area contributed by atoms with Crippen molar-refractivity contribution in [1.29, 1.82) is 0 Å². The number of anilines is 1. The van der Waals surface area contributed by atoms with Gasteiger partial charge in [0.05, 0.1) is 29.1 Å². The predicted octanol–water partition coefficient (Wildman–Crippen LogP) is 5.46. The van der Waals surface area contributed by atoms with Crippen LogP contribution in [0, 0.1) is 0 Å². The van der Waals surface area contributed by atoms with Crippen LogP contribution in [0.15, 0.2) is 39.4 Å². The van der Waals surface area contributed by atoms with E-state index in [-0.39, 0.29) is 12.1 Å². The Morgan fingerprint density at radius 3 is 3.08 bits per heavy atom. The summed E-state index contributed by atoms with van der Waals surface area (Å²) in [6.07, 6.45) is 3.46. The number of hydrogen-bond acceptors (Lipinski definition) is 3. The molecule has 1 atom stereocenters. The van der Waals surface area contributed by atoms with Crippen molar-refractivity contribution in [2.75, 3.05) is 18.5 Å². The molecule has 128 valence electrons. The second kappa shape index (κ2) is 7.49. The minimum atomic E-state index is -0.191. The number of nitrogens with one attached hydrogen (secondary N) is 1. The van der Waals surface area contributed by atoms with E-state index in [0.717, 1.165) is 18.6 Å². The summed E-state index contributed by atoms with van der Waals surface area (Å²) in [7, 11) is 0. The maximum Gasteiger partial charge on any atom is 0.322 e. The molecule has 1 aliphatic heterocycles. The number of urea groups is 1. The number of likely N-dealkylation sites (tertiary alicyclic amines) is 1. The molecule has 1 N–H and O–H groups in total. The summed E-state index contributed by atoms with van der Waals surface area (Å²) in [6.45, 7) is 3.06. The molecule has 1 aromatic carbocycles. The van der Waals surface area contributed by atoms with Gasteiger partial charge in [-0.2, -0.15) is 0 Å². The quantitative estimate of drug-likeness (QED) is 0.724. The number of carbonyl (C=O) groups is 1. The fourth-order valence-electron chi connectivity index (χ4n) is 2.92. The van der Waals surface area contributed by atoms with E-state index in [1.54, 1.807) is 23.3 Å². The fourth-order valence-corrected chi connectivity index (χ4v) is 3.84. The Morgan fingerprint density at radius 2 is 2.38 bits per heavy atom. The molecule has 2 amide bonds. The van der Waals surface area contributed by atoms with Gasteiger partial charge < -0.3 is 19.4 Å². The Hall–Kier alpha value is -1.66. The van der Waals surface area contributed by atoms with E-state index in [1.165, 1.54) is 0 Å². The third-order valence-electron chi connectivity index (χ3n) is 3.92. The highest BCUT2D eigenvalue weighted by atomic mass is 79.9. The molecule has 2 aromatic rings. The lowest BCUT2D eigenvalue weighted by Gasteiger charge is -2.24. The van der Waals surface area contributed by atoms with Crippen molar-refractivity contribution in [2.45, 2.75) is 25.8 Å². The summed E-state index contributed by atoms with van der Waals surface area (Å²) >= 11 is 9.54. The molecule has 5 nitrogen and oxygen atoms in total. The molecule has 0 saturated carbocycles. The highest BCUT2D eigenvalue weighted by Crippen LogP contribution is 2.38. The van der Waals surface area contributed by atoms with E-state index >= 15 is 0 Å². The van der Waals surface area contributed by atoms with Gasteiger partial charge in [0.25, 0.3) is 0 Å². The van der Waals surface area contributed by atoms with Crippen LogP contribution in [0.1, 0.15) is 31.6 Å². The number of ether oxygens (including phenoxy) is 1. The maximum absolute atomic E-state index is 12.8. The normalized spacial score (nSPS) is 17.1. The van der Waals surface area contributed by atoms with E-state index in [0.29, 0.717) is 34.1 Å². The number of hydrogen-bond donors (Lipinski definition) is 1. The van der Waals surface area contributed by atoms with Crippen molar-refractivity contribution in [2.24, 2.45) is 0 Å². The van der Waals surface area contributed by atoms with Crippen molar-refractivity contribution in [1.82, 2.24) is 4.90 Å². The number of halogens is 2. The molecule has 3 rings (SSSR count). The van der Waals surface area contributed by atoms with Gasteiger partial charge in [0.1, 0.15) is 5.76 Å². The first-order valence-corrected chi connectivity index (χ1v) is 9.00. The van der Waals surface area contributed by atoms with E-state index in [1.807, 2.05) is 19.1 Å². The average molecular weight is 414 g/mol. The van der Waals surface area contributed by atoms with Gasteiger partial charge in [-0.25, -0.2) is 4.79 Å². The second-order valence-corrected chi connectivity index (χ2v) is 6.79. The number of rotatable bonds is 4. The van der Waals surface area contributed by atoms with Crippen LogP contribution in [0.5, 0.6) is 5.75 Å². The summed E-state index contributed by atoms with van der Waals surface area (Å²) in [5.74, 6) is 1.38. The van der Waals surface area contributed by atoms with Crippen molar-refractivity contribution in [3.8, 4) is 5.75 Å². The third-order valence-corrected chi connectivity index (χ3v) is 4.73. The lowest BCUT2D eigenvalue weighted by Crippen LogP contribution is -2.34. The Labute approximate surface area is 154 Å². The third kappa shape index (κ3) is 3.54. The standard InChI is InChI=1S/C17H18BrClN2O3/c1-2-23-16-12(18)9-11(19)10-13(16)20-17(22)21-7-3-5-14(21)15-6-4-8-24-15/h4,6,8-10,14H,2-3,5,7H2,1H3,(H,20,22). The predicted molar refractivity (Wildman–Crippen MR) is 96.7 cm³/mol. The molecule has 7 heteroatoms. The van der Waals surface area contributed by atoms with Crippen LogP contribution in [0.4, 0.5) is 10.5 Å². The summed E-state index contributed by atoms with van der Waals surface area (Å²) < 4.78 is 11.8. The van der Waals surface area contributed by atoms with Gasteiger partial charge in [-0.1, -0.05) is 11.6 Å². The first-order chi connectivity index (χ1) is 11.6. The first kappa shape index (κ1) is 17.2. The van der Waals surface area contributed by atoms with E-state index in [2.05, 4.69) is 21.2 Å². The lowest BCUT2D eigenvalue weighted by molar-refractivity contribution is 0.199. The molecule has 24 heavy (non-hydrogen) atoms. The number of carbonyl (C=O) groups excluding carboxylic acids is 1. The molecule has 1 aromatic heterocycles. The first-order valence-electron chi connectivity index (χ1n) is 7.83. The number of nitrogens with zero attached hydrogens (tertiary/aromatic N) is 1. The van der Waals surface area contributed by atoms with Gasteiger partial charge >= 0.3 is 6.03 Å². The van der Waals surface area contributed by atoms with Crippen molar-refractivity contribution in [3.63, 3.8) is 0 Å². The Morgan fingerprint density at radius 1 is 1.54 bits per heavy atom. The largest absolute Gasteiger partial charge is 0.491 e. The fraction of sp³-hybridized carbons (Fsp3) is 0.353. The monoisotopic (exact) mass is 412 g/mol. The zero-order valence-electron chi connectivity index (χ0n) is 13.2. The Balaban J connectivity index is 1.82. The molecule has 0 bridgehead atoms. The smallest absolute Gasteiger partial charge is 0.322 e. The zero-order chi connectivity index (χ0) is 17.1. The summed E-state index contributed by atoms with van der Waals surface area (Å²) in [5.41, 5.74) is 0.548. The average Bonchev–Trinajstić information content (AvgIpc) is 3.20. The molecule has 0 spiro atoms. The van der Waals surface area contributed by atoms with Crippen LogP contribution < -0.4 is 10.1 Å². The molecule has 1 fully saturated rings. The van der Waals surface area contributed by atoms with Crippen molar-refractivity contribution < 1.29 is 13.9 Å².